The molecule has 2 atom stereocenters. The second-order valence-electron chi connectivity index (χ2n) is 6.76. The molecule has 1 heterocycles. The van der Waals surface area contributed by atoms with Crippen molar-refractivity contribution in [3.63, 3.8) is 0 Å². The standard InChI is InChI=1S/C23H30O3/c1-2-3-4-5-6-10-13-20-16-17-21-19(15-18-22(21)24)12-9-7-8-11-14-23(25)26-20/h3-4,6-7,9-10,15,17-20H,2,5,8,11-14,16H2,1H3/b4-3-,9-7-,10-6-,21-17+/t19-,20-/m0/s1. The smallest absolute Gasteiger partial charge is 0.306 e. The number of hydrogen-bond donors (Lipinski definition) is 0. The van der Waals surface area contributed by atoms with Crippen LogP contribution in [0.1, 0.15) is 58.3 Å². The third-order valence-electron chi connectivity index (χ3n) is 4.61. The zero-order chi connectivity index (χ0) is 18.6. The van der Waals surface area contributed by atoms with Gasteiger partial charge in [-0.05, 0) is 38.2 Å². The maximum Gasteiger partial charge on any atom is 0.306 e. The van der Waals surface area contributed by atoms with E-state index in [-0.39, 0.29) is 23.8 Å². The highest BCUT2D eigenvalue weighted by Gasteiger charge is 2.23. The van der Waals surface area contributed by atoms with E-state index in [0.717, 1.165) is 37.7 Å². The Morgan fingerprint density at radius 1 is 1.12 bits per heavy atom. The normalized spacial score (nSPS) is 28.1. The van der Waals surface area contributed by atoms with Crippen LogP contribution in [-0.4, -0.2) is 17.9 Å². The second-order valence-corrected chi connectivity index (χ2v) is 6.76. The van der Waals surface area contributed by atoms with Crippen molar-refractivity contribution in [3.8, 4) is 0 Å². The fourth-order valence-corrected chi connectivity index (χ4v) is 3.15. The van der Waals surface area contributed by atoms with Gasteiger partial charge in [-0.1, -0.05) is 55.5 Å². The summed E-state index contributed by atoms with van der Waals surface area (Å²) in [4.78, 5) is 24.2. The van der Waals surface area contributed by atoms with Crippen LogP contribution in [0.3, 0.4) is 0 Å². The van der Waals surface area contributed by atoms with E-state index >= 15 is 0 Å². The molecule has 0 saturated heterocycles. The molecule has 0 radical (unpaired) electrons. The molecule has 0 amide bonds. The van der Waals surface area contributed by atoms with Crippen molar-refractivity contribution in [2.24, 2.45) is 5.92 Å². The number of esters is 1. The van der Waals surface area contributed by atoms with Crippen LogP contribution in [0, 0.1) is 5.92 Å². The molecule has 0 spiro atoms. The summed E-state index contributed by atoms with van der Waals surface area (Å²) in [6.45, 7) is 2.11. The van der Waals surface area contributed by atoms with Gasteiger partial charge in [0, 0.05) is 30.8 Å². The van der Waals surface area contributed by atoms with Crippen LogP contribution >= 0.6 is 0 Å². The van der Waals surface area contributed by atoms with E-state index in [1.165, 1.54) is 0 Å². The molecule has 0 aromatic heterocycles. The number of allylic oxidation sites excluding steroid dienone is 8. The zero-order valence-corrected chi connectivity index (χ0v) is 15.7. The molecule has 3 nitrogen and oxygen atoms in total. The van der Waals surface area contributed by atoms with E-state index in [4.69, 9.17) is 4.74 Å². The number of ketones is 1. The molecule has 1 aliphatic carbocycles. The molecular formula is C23H30O3. The van der Waals surface area contributed by atoms with Crippen molar-refractivity contribution in [2.75, 3.05) is 0 Å². The molecule has 0 unspecified atom stereocenters. The molecule has 26 heavy (non-hydrogen) atoms. The van der Waals surface area contributed by atoms with Gasteiger partial charge in [0.05, 0.1) is 0 Å². The lowest BCUT2D eigenvalue weighted by Crippen LogP contribution is -2.17. The molecule has 0 fully saturated rings. The molecule has 2 rings (SSSR count). The highest BCUT2D eigenvalue weighted by Crippen LogP contribution is 2.27. The lowest BCUT2D eigenvalue weighted by Gasteiger charge is -2.16. The van der Waals surface area contributed by atoms with Gasteiger partial charge in [0.15, 0.2) is 5.78 Å². The Morgan fingerprint density at radius 3 is 2.81 bits per heavy atom. The van der Waals surface area contributed by atoms with Gasteiger partial charge in [0.1, 0.15) is 6.10 Å². The Labute approximate surface area is 157 Å². The summed E-state index contributed by atoms with van der Waals surface area (Å²) < 4.78 is 5.67. The van der Waals surface area contributed by atoms with Gasteiger partial charge in [-0.25, -0.2) is 0 Å². The number of hydrogen-bond acceptors (Lipinski definition) is 3. The van der Waals surface area contributed by atoms with Gasteiger partial charge < -0.3 is 4.74 Å². The number of carbonyl (C=O) groups excluding carboxylic acids is 2. The molecule has 0 saturated carbocycles. The lowest BCUT2D eigenvalue weighted by atomic mass is 9.96. The minimum absolute atomic E-state index is 0.0867. The summed E-state index contributed by atoms with van der Waals surface area (Å²) in [6, 6.07) is 0. The number of cyclic esters (lactones) is 1. The summed E-state index contributed by atoms with van der Waals surface area (Å²) in [5.74, 6) is 0.0990. The third-order valence-corrected chi connectivity index (χ3v) is 4.61. The van der Waals surface area contributed by atoms with Crippen molar-refractivity contribution in [1.82, 2.24) is 0 Å². The van der Waals surface area contributed by atoms with E-state index < -0.39 is 0 Å². The van der Waals surface area contributed by atoms with Crippen LogP contribution in [-0.2, 0) is 14.3 Å². The van der Waals surface area contributed by atoms with Crippen LogP contribution in [0.4, 0.5) is 0 Å². The van der Waals surface area contributed by atoms with E-state index in [9.17, 15) is 9.59 Å². The molecule has 0 aromatic carbocycles. The third kappa shape index (κ3) is 6.99. The molecule has 0 aromatic rings. The highest BCUT2D eigenvalue weighted by molar-refractivity contribution is 6.07. The molecule has 140 valence electrons. The van der Waals surface area contributed by atoms with Crippen LogP contribution in [0.5, 0.6) is 0 Å². The van der Waals surface area contributed by atoms with Gasteiger partial charge in [-0.2, -0.15) is 0 Å². The second kappa shape index (κ2) is 11.5. The van der Waals surface area contributed by atoms with Gasteiger partial charge >= 0.3 is 5.97 Å². The van der Waals surface area contributed by atoms with Crippen molar-refractivity contribution in [1.29, 1.82) is 0 Å². The maximum absolute atomic E-state index is 12.1. The predicted molar refractivity (Wildman–Crippen MR) is 106 cm³/mol. The topological polar surface area (TPSA) is 43.4 Å². The lowest BCUT2D eigenvalue weighted by molar-refractivity contribution is -0.148. The van der Waals surface area contributed by atoms with Crippen molar-refractivity contribution >= 4 is 11.8 Å². The Balaban J connectivity index is 2.03. The van der Waals surface area contributed by atoms with E-state index in [0.29, 0.717) is 19.3 Å². The van der Waals surface area contributed by atoms with Gasteiger partial charge in [0.2, 0.25) is 0 Å². The predicted octanol–water partition coefficient (Wildman–Crippen LogP) is 5.40. The van der Waals surface area contributed by atoms with Crippen molar-refractivity contribution in [3.05, 3.63) is 60.3 Å². The number of fused-ring (bicyclic) bond motifs is 1. The SMILES string of the molecule is CC/C=C\C/C=C\C[C@H]1C/C=C2/C(=O)C=C[C@@H]2C/C=C\CCCC(=O)O1. The number of rotatable bonds is 5. The highest BCUT2D eigenvalue weighted by atomic mass is 16.5. The van der Waals surface area contributed by atoms with Crippen molar-refractivity contribution in [2.45, 2.75) is 64.4 Å². The number of ether oxygens (including phenoxy) is 1. The summed E-state index contributed by atoms with van der Waals surface area (Å²) in [7, 11) is 0. The fraction of sp³-hybridized carbons (Fsp3) is 0.478. The Hall–Kier alpha value is -2.16. The van der Waals surface area contributed by atoms with Gasteiger partial charge in [-0.3, -0.25) is 9.59 Å². The number of carbonyl (C=O) groups is 2. The summed E-state index contributed by atoms with van der Waals surface area (Å²) in [5, 5.41) is 0. The molecule has 1 aliphatic heterocycles. The van der Waals surface area contributed by atoms with Gasteiger partial charge in [-0.15, -0.1) is 0 Å². The Bertz CT molecular complexity index is 619. The minimum atomic E-state index is -0.204. The zero-order valence-electron chi connectivity index (χ0n) is 15.7. The van der Waals surface area contributed by atoms with Crippen LogP contribution < -0.4 is 0 Å². The first-order valence-electron chi connectivity index (χ1n) is 9.77. The first-order chi connectivity index (χ1) is 12.7. The van der Waals surface area contributed by atoms with Crippen LogP contribution in [0.2, 0.25) is 0 Å². The molecular weight excluding hydrogens is 324 g/mol. The summed E-state index contributed by atoms with van der Waals surface area (Å²) >= 11 is 0. The molecule has 0 bridgehead atoms. The summed E-state index contributed by atoms with van der Waals surface area (Å²) in [5.41, 5.74) is 0.838. The van der Waals surface area contributed by atoms with Crippen LogP contribution in [0.25, 0.3) is 0 Å². The van der Waals surface area contributed by atoms with E-state index in [2.05, 4.69) is 43.4 Å². The first kappa shape index (κ1) is 20.2. The van der Waals surface area contributed by atoms with E-state index in [1.807, 2.05) is 12.2 Å². The molecule has 0 N–H and O–H groups in total. The largest absolute Gasteiger partial charge is 0.462 e. The summed E-state index contributed by atoms with van der Waals surface area (Å²) in [6.07, 6.45) is 24.3. The maximum atomic E-state index is 12.1. The first-order valence-corrected chi connectivity index (χ1v) is 9.77. The monoisotopic (exact) mass is 354 g/mol. The Morgan fingerprint density at radius 2 is 1.96 bits per heavy atom. The molecule has 2 aliphatic rings. The minimum Gasteiger partial charge on any atom is -0.462 e. The average Bonchev–Trinajstić information content (AvgIpc) is 2.98. The fourth-order valence-electron chi connectivity index (χ4n) is 3.15. The Kier molecular flexibility index (Phi) is 8.88. The van der Waals surface area contributed by atoms with Crippen molar-refractivity contribution < 1.29 is 14.3 Å². The van der Waals surface area contributed by atoms with E-state index in [1.54, 1.807) is 6.08 Å². The quantitative estimate of drug-likeness (QED) is 0.490. The average molecular weight is 354 g/mol. The van der Waals surface area contributed by atoms with Gasteiger partial charge in [0.25, 0.3) is 0 Å². The van der Waals surface area contributed by atoms with Crippen LogP contribution in [0.15, 0.2) is 60.3 Å². The molecule has 3 heteroatoms.